The van der Waals surface area contributed by atoms with Crippen LogP contribution in [0.3, 0.4) is 0 Å². The molecule has 3 N–H and O–H groups in total. The maximum absolute atomic E-state index is 12.4. The first kappa shape index (κ1) is 22.0. The molecule has 0 spiro atoms. The Bertz CT molecular complexity index is 901. The number of phenolic OH excluding ortho intramolecular Hbond substituents is 1. The normalized spacial score (nSPS) is 12.4. The predicted molar refractivity (Wildman–Crippen MR) is 98.4 cm³/mol. The van der Waals surface area contributed by atoms with E-state index in [1.54, 1.807) is 32.9 Å². The van der Waals surface area contributed by atoms with Gasteiger partial charge in [0, 0.05) is 18.2 Å². The van der Waals surface area contributed by atoms with Gasteiger partial charge in [-0.1, -0.05) is 13.8 Å². The van der Waals surface area contributed by atoms with Gasteiger partial charge in [-0.3, -0.25) is 9.59 Å². The van der Waals surface area contributed by atoms with Crippen LogP contribution in [0.4, 0.5) is 19.0 Å². The number of phenols is 1. The highest BCUT2D eigenvalue weighted by Crippen LogP contribution is 2.28. The van der Waals surface area contributed by atoms with Crippen LogP contribution in [0.2, 0.25) is 0 Å². The molecular formula is C19H20F3N3O4. The van der Waals surface area contributed by atoms with Crippen LogP contribution in [-0.4, -0.2) is 28.3 Å². The number of benzene rings is 1. The van der Waals surface area contributed by atoms with Gasteiger partial charge in [0.05, 0.1) is 11.6 Å². The number of carbonyl (C=O) groups is 2. The van der Waals surface area contributed by atoms with Crippen molar-refractivity contribution in [3.8, 4) is 11.5 Å². The number of aromatic hydroxyl groups is 1. The Morgan fingerprint density at radius 1 is 1.14 bits per heavy atom. The van der Waals surface area contributed by atoms with Crippen molar-refractivity contribution in [1.29, 1.82) is 0 Å². The van der Waals surface area contributed by atoms with Crippen molar-refractivity contribution in [2.75, 3.05) is 5.32 Å². The number of halogens is 3. The van der Waals surface area contributed by atoms with Crippen LogP contribution in [-0.2, 0) is 4.79 Å². The van der Waals surface area contributed by atoms with Gasteiger partial charge in [-0.25, -0.2) is 4.98 Å². The second-order valence-corrected chi connectivity index (χ2v) is 6.54. The summed E-state index contributed by atoms with van der Waals surface area (Å²) in [6.07, 6.45) is -3.44. The number of alkyl halides is 3. The third kappa shape index (κ3) is 6.37. The summed E-state index contributed by atoms with van der Waals surface area (Å²) in [4.78, 5) is 28.2. The standard InChI is InChI=1S/C19H20F3N3O4/c1-10(2)17(27)25-16-8-12(6-7-23-16)11(3)24-18(28)14-5-4-13(9-15(14)26)29-19(20,21)22/h4-11,26H,1-3H3,(H,24,28)(H,23,25,27). The van der Waals surface area contributed by atoms with Gasteiger partial charge in [0.25, 0.3) is 5.91 Å². The number of rotatable bonds is 6. The molecule has 1 aromatic carbocycles. The van der Waals surface area contributed by atoms with Crippen molar-refractivity contribution < 1.29 is 32.6 Å². The molecule has 1 heterocycles. The van der Waals surface area contributed by atoms with Crippen LogP contribution >= 0.6 is 0 Å². The van der Waals surface area contributed by atoms with Crippen LogP contribution in [0.25, 0.3) is 0 Å². The van der Waals surface area contributed by atoms with Gasteiger partial charge in [-0.05, 0) is 36.8 Å². The lowest BCUT2D eigenvalue weighted by Crippen LogP contribution is -2.27. The molecule has 0 radical (unpaired) electrons. The van der Waals surface area contributed by atoms with E-state index in [4.69, 9.17) is 0 Å². The first-order valence-corrected chi connectivity index (χ1v) is 8.62. The molecule has 0 aliphatic carbocycles. The van der Waals surface area contributed by atoms with Crippen molar-refractivity contribution in [2.45, 2.75) is 33.2 Å². The molecule has 7 nitrogen and oxygen atoms in total. The molecule has 1 atom stereocenters. The Balaban J connectivity index is 2.10. The molecule has 2 amide bonds. The van der Waals surface area contributed by atoms with Crippen LogP contribution < -0.4 is 15.4 Å². The van der Waals surface area contributed by atoms with Crippen LogP contribution in [0.15, 0.2) is 36.5 Å². The molecule has 0 bridgehead atoms. The Morgan fingerprint density at radius 2 is 1.83 bits per heavy atom. The summed E-state index contributed by atoms with van der Waals surface area (Å²) >= 11 is 0. The first-order chi connectivity index (χ1) is 13.5. The van der Waals surface area contributed by atoms with E-state index in [1.807, 2.05) is 0 Å². The van der Waals surface area contributed by atoms with E-state index in [2.05, 4.69) is 20.4 Å². The summed E-state index contributed by atoms with van der Waals surface area (Å²) in [6, 6.07) is 5.35. The summed E-state index contributed by atoms with van der Waals surface area (Å²) in [6.45, 7) is 5.14. The summed E-state index contributed by atoms with van der Waals surface area (Å²) < 4.78 is 40.4. The number of nitrogens with zero attached hydrogens (tertiary/aromatic N) is 1. The number of aromatic nitrogens is 1. The fourth-order valence-electron chi connectivity index (χ4n) is 2.31. The highest BCUT2D eigenvalue weighted by Gasteiger charge is 2.31. The zero-order valence-corrected chi connectivity index (χ0v) is 15.9. The van der Waals surface area contributed by atoms with E-state index in [9.17, 15) is 27.9 Å². The SMILES string of the molecule is CC(C)C(=O)Nc1cc(C(C)NC(=O)c2ccc(OC(F)(F)F)cc2O)ccn1. The van der Waals surface area contributed by atoms with E-state index < -0.39 is 29.8 Å². The van der Waals surface area contributed by atoms with Crippen molar-refractivity contribution >= 4 is 17.6 Å². The minimum absolute atomic E-state index is 0.211. The van der Waals surface area contributed by atoms with Crippen molar-refractivity contribution in [1.82, 2.24) is 10.3 Å². The quantitative estimate of drug-likeness (QED) is 0.672. The molecule has 0 fully saturated rings. The number of ether oxygens (including phenoxy) is 1. The van der Waals surface area contributed by atoms with Crippen LogP contribution in [0.1, 0.15) is 42.7 Å². The highest BCUT2D eigenvalue weighted by molar-refractivity contribution is 5.97. The molecule has 2 rings (SSSR count). The van der Waals surface area contributed by atoms with E-state index >= 15 is 0 Å². The average molecular weight is 411 g/mol. The summed E-state index contributed by atoms with van der Waals surface area (Å²) in [5, 5.41) is 15.1. The van der Waals surface area contributed by atoms with Crippen molar-refractivity contribution in [3.63, 3.8) is 0 Å². The van der Waals surface area contributed by atoms with E-state index in [0.29, 0.717) is 17.4 Å². The smallest absolute Gasteiger partial charge is 0.507 e. The number of nitrogens with one attached hydrogen (secondary N) is 2. The minimum atomic E-state index is -4.91. The highest BCUT2D eigenvalue weighted by atomic mass is 19.4. The number of anilines is 1. The molecule has 2 aromatic rings. The molecule has 0 aliphatic heterocycles. The van der Waals surface area contributed by atoms with Gasteiger partial charge in [-0.15, -0.1) is 13.2 Å². The van der Waals surface area contributed by atoms with Crippen LogP contribution in [0, 0.1) is 5.92 Å². The molecule has 1 unspecified atom stereocenters. The average Bonchev–Trinajstić information content (AvgIpc) is 2.60. The zero-order chi connectivity index (χ0) is 21.8. The molecule has 156 valence electrons. The third-order valence-corrected chi connectivity index (χ3v) is 3.85. The first-order valence-electron chi connectivity index (χ1n) is 8.62. The lowest BCUT2D eigenvalue weighted by molar-refractivity contribution is -0.274. The predicted octanol–water partition coefficient (Wildman–Crippen LogP) is 3.77. The molecule has 10 heteroatoms. The largest absolute Gasteiger partial charge is 0.573 e. The minimum Gasteiger partial charge on any atom is -0.507 e. The lowest BCUT2D eigenvalue weighted by Gasteiger charge is -2.16. The van der Waals surface area contributed by atoms with Gasteiger partial charge < -0.3 is 20.5 Å². The van der Waals surface area contributed by atoms with Gasteiger partial charge in [0.2, 0.25) is 5.91 Å². The van der Waals surface area contributed by atoms with Crippen molar-refractivity contribution in [2.24, 2.45) is 5.92 Å². The lowest BCUT2D eigenvalue weighted by atomic mass is 10.1. The molecule has 0 saturated carbocycles. The van der Waals surface area contributed by atoms with Gasteiger partial charge in [0.1, 0.15) is 17.3 Å². The Hall–Kier alpha value is -3.30. The second kappa shape index (κ2) is 8.80. The second-order valence-electron chi connectivity index (χ2n) is 6.54. The molecule has 29 heavy (non-hydrogen) atoms. The number of carbonyl (C=O) groups excluding carboxylic acids is 2. The zero-order valence-electron chi connectivity index (χ0n) is 15.9. The maximum Gasteiger partial charge on any atom is 0.573 e. The van der Waals surface area contributed by atoms with Gasteiger partial charge in [0.15, 0.2) is 0 Å². The molecule has 0 aliphatic rings. The van der Waals surface area contributed by atoms with E-state index in [1.165, 1.54) is 6.20 Å². The topological polar surface area (TPSA) is 101 Å². The number of amides is 2. The fraction of sp³-hybridized carbons (Fsp3) is 0.316. The van der Waals surface area contributed by atoms with Gasteiger partial charge in [-0.2, -0.15) is 0 Å². The third-order valence-electron chi connectivity index (χ3n) is 3.85. The molecule has 1 aromatic heterocycles. The van der Waals surface area contributed by atoms with E-state index in [0.717, 1.165) is 12.1 Å². The van der Waals surface area contributed by atoms with Crippen molar-refractivity contribution in [3.05, 3.63) is 47.7 Å². The number of hydrogen-bond donors (Lipinski definition) is 3. The molecule has 0 saturated heterocycles. The summed E-state index contributed by atoms with van der Waals surface area (Å²) in [5.74, 6) is -2.12. The Morgan fingerprint density at radius 3 is 2.41 bits per heavy atom. The Labute approximate surface area is 164 Å². The van der Waals surface area contributed by atoms with E-state index in [-0.39, 0.29) is 17.4 Å². The monoisotopic (exact) mass is 411 g/mol. The van der Waals surface area contributed by atoms with Gasteiger partial charge >= 0.3 is 6.36 Å². The number of pyridine rings is 1. The van der Waals surface area contributed by atoms with Crippen LogP contribution in [0.5, 0.6) is 11.5 Å². The number of hydrogen-bond acceptors (Lipinski definition) is 5. The molecular weight excluding hydrogens is 391 g/mol. The summed E-state index contributed by atoms with van der Waals surface area (Å²) in [7, 11) is 0. The summed E-state index contributed by atoms with van der Waals surface area (Å²) in [5.41, 5.74) is 0.415. The fourth-order valence-corrected chi connectivity index (χ4v) is 2.31. The Kier molecular flexibility index (Phi) is 6.68. The maximum atomic E-state index is 12.4.